The van der Waals surface area contributed by atoms with Gasteiger partial charge in [0, 0.05) is 20.3 Å². The molecule has 1 N–H and O–H groups in total. The summed E-state index contributed by atoms with van der Waals surface area (Å²) >= 11 is 0. The molecule has 0 aromatic heterocycles. The number of fused-ring (bicyclic) bond motifs is 1. The molecule has 2 rings (SSSR count). The summed E-state index contributed by atoms with van der Waals surface area (Å²) < 4.78 is 15.9. The van der Waals surface area contributed by atoms with Crippen molar-refractivity contribution in [2.75, 3.05) is 33.5 Å². The first-order chi connectivity index (χ1) is 9.81. The maximum atomic E-state index is 9.90. The average molecular weight is 276 g/mol. The van der Waals surface area contributed by atoms with Gasteiger partial charge in [-0.25, -0.2) is 0 Å². The zero-order chi connectivity index (χ0) is 14.2. The topological polar surface area (TPSA) is 47.9 Å². The van der Waals surface area contributed by atoms with E-state index in [9.17, 15) is 5.11 Å². The number of hydrogen-bond acceptors (Lipinski definition) is 4. The molecule has 2 aromatic carbocycles. The SMILES string of the molecule is COCCCOCCOc1cc2ccccc2cc1O. The van der Waals surface area contributed by atoms with Gasteiger partial charge in [0.2, 0.25) is 0 Å². The Bertz CT molecular complexity index is 539. The van der Waals surface area contributed by atoms with Crippen molar-refractivity contribution in [3.8, 4) is 11.5 Å². The van der Waals surface area contributed by atoms with Crippen molar-refractivity contribution in [3.63, 3.8) is 0 Å². The molecule has 108 valence electrons. The second kappa shape index (κ2) is 7.72. The molecule has 0 saturated heterocycles. The second-order valence-corrected chi connectivity index (χ2v) is 4.47. The minimum Gasteiger partial charge on any atom is -0.504 e. The Morgan fingerprint density at radius 2 is 1.70 bits per heavy atom. The maximum absolute atomic E-state index is 9.90. The van der Waals surface area contributed by atoms with Gasteiger partial charge in [-0.05, 0) is 29.3 Å². The molecule has 4 heteroatoms. The minimum atomic E-state index is 0.156. The lowest BCUT2D eigenvalue weighted by atomic mass is 10.1. The summed E-state index contributed by atoms with van der Waals surface area (Å²) in [5.41, 5.74) is 0. The fourth-order valence-electron chi connectivity index (χ4n) is 1.94. The van der Waals surface area contributed by atoms with E-state index in [0.717, 1.165) is 17.2 Å². The highest BCUT2D eigenvalue weighted by Crippen LogP contribution is 2.31. The van der Waals surface area contributed by atoms with Crippen molar-refractivity contribution in [1.82, 2.24) is 0 Å². The van der Waals surface area contributed by atoms with Crippen LogP contribution in [0.1, 0.15) is 6.42 Å². The number of aromatic hydroxyl groups is 1. The van der Waals surface area contributed by atoms with Gasteiger partial charge in [0.15, 0.2) is 11.5 Å². The van der Waals surface area contributed by atoms with Crippen molar-refractivity contribution in [2.45, 2.75) is 6.42 Å². The third-order valence-electron chi connectivity index (χ3n) is 2.95. The summed E-state index contributed by atoms with van der Waals surface area (Å²) in [4.78, 5) is 0. The molecule has 0 saturated carbocycles. The molecule has 0 unspecified atom stereocenters. The molecule has 0 spiro atoms. The Morgan fingerprint density at radius 1 is 0.950 bits per heavy atom. The van der Waals surface area contributed by atoms with Crippen LogP contribution >= 0.6 is 0 Å². The van der Waals surface area contributed by atoms with Crippen LogP contribution in [0.25, 0.3) is 10.8 Å². The van der Waals surface area contributed by atoms with Crippen molar-refractivity contribution >= 4 is 10.8 Å². The molecule has 0 fully saturated rings. The van der Waals surface area contributed by atoms with Crippen molar-refractivity contribution in [3.05, 3.63) is 36.4 Å². The predicted molar refractivity (Wildman–Crippen MR) is 78.4 cm³/mol. The molecule has 2 aromatic rings. The van der Waals surface area contributed by atoms with Gasteiger partial charge in [-0.2, -0.15) is 0 Å². The number of phenols is 1. The number of phenolic OH excluding ortho intramolecular Hbond substituents is 1. The molecule has 0 aliphatic rings. The highest BCUT2D eigenvalue weighted by atomic mass is 16.5. The number of benzene rings is 2. The second-order valence-electron chi connectivity index (χ2n) is 4.47. The number of methoxy groups -OCH3 is 1. The zero-order valence-electron chi connectivity index (χ0n) is 11.7. The molecular weight excluding hydrogens is 256 g/mol. The zero-order valence-corrected chi connectivity index (χ0v) is 11.7. The number of ether oxygens (including phenoxy) is 3. The highest BCUT2D eigenvalue weighted by molar-refractivity contribution is 5.85. The Morgan fingerprint density at radius 3 is 2.45 bits per heavy atom. The fraction of sp³-hybridized carbons (Fsp3) is 0.375. The van der Waals surface area contributed by atoms with Crippen LogP contribution in [-0.2, 0) is 9.47 Å². The fourth-order valence-corrected chi connectivity index (χ4v) is 1.94. The standard InChI is InChI=1S/C16H20O4/c1-18-7-4-8-19-9-10-20-16-12-14-6-3-2-5-13(14)11-15(16)17/h2-3,5-6,11-12,17H,4,7-10H2,1H3. The first-order valence-corrected chi connectivity index (χ1v) is 6.72. The van der Waals surface area contributed by atoms with E-state index in [4.69, 9.17) is 14.2 Å². The lowest BCUT2D eigenvalue weighted by Crippen LogP contribution is -2.08. The van der Waals surface area contributed by atoms with Gasteiger partial charge in [0.25, 0.3) is 0 Å². The molecule has 0 heterocycles. The van der Waals surface area contributed by atoms with Crippen LogP contribution in [0.5, 0.6) is 11.5 Å². The van der Waals surface area contributed by atoms with Crippen molar-refractivity contribution in [1.29, 1.82) is 0 Å². The largest absolute Gasteiger partial charge is 0.504 e. The van der Waals surface area contributed by atoms with E-state index in [1.54, 1.807) is 13.2 Å². The predicted octanol–water partition coefficient (Wildman–Crippen LogP) is 2.98. The van der Waals surface area contributed by atoms with Crippen LogP contribution in [0.3, 0.4) is 0 Å². The van der Waals surface area contributed by atoms with E-state index in [1.165, 1.54) is 0 Å². The Kier molecular flexibility index (Phi) is 5.65. The Balaban J connectivity index is 1.82. The van der Waals surface area contributed by atoms with Gasteiger partial charge in [0.05, 0.1) is 6.61 Å². The van der Waals surface area contributed by atoms with Crippen LogP contribution in [0, 0.1) is 0 Å². The lowest BCUT2D eigenvalue weighted by molar-refractivity contribution is 0.0800. The van der Waals surface area contributed by atoms with Crippen LogP contribution in [0.15, 0.2) is 36.4 Å². The molecule has 4 nitrogen and oxygen atoms in total. The van der Waals surface area contributed by atoms with Crippen molar-refractivity contribution in [2.24, 2.45) is 0 Å². The van der Waals surface area contributed by atoms with Crippen LogP contribution in [0.4, 0.5) is 0 Å². The number of rotatable bonds is 8. The Hall–Kier alpha value is -1.78. The van der Waals surface area contributed by atoms with Gasteiger partial charge in [-0.3, -0.25) is 0 Å². The molecule has 0 radical (unpaired) electrons. The van der Waals surface area contributed by atoms with E-state index in [-0.39, 0.29) is 5.75 Å². The van der Waals surface area contributed by atoms with Crippen LogP contribution in [-0.4, -0.2) is 38.6 Å². The number of hydrogen-bond donors (Lipinski definition) is 1. The third-order valence-corrected chi connectivity index (χ3v) is 2.95. The van der Waals surface area contributed by atoms with Crippen molar-refractivity contribution < 1.29 is 19.3 Å². The van der Waals surface area contributed by atoms with E-state index in [0.29, 0.717) is 32.2 Å². The summed E-state index contributed by atoms with van der Waals surface area (Å²) in [7, 11) is 1.67. The summed E-state index contributed by atoms with van der Waals surface area (Å²) in [6.45, 7) is 2.27. The summed E-state index contributed by atoms with van der Waals surface area (Å²) in [6, 6.07) is 11.4. The summed E-state index contributed by atoms with van der Waals surface area (Å²) in [5, 5.41) is 11.9. The monoisotopic (exact) mass is 276 g/mol. The Labute approximate surface area is 118 Å². The quantitative estimate of drug-likeness (QED) is 0.753. The van der Waals surface area contributed by atoms with E-state index < -0.39 is 0 Å². The van der Waals surface area contributed by atoms with Crippen LogP contribution < -0.4 is 4.74 Å². The van der Waals surface area contributed by atoms with Crippen LogP contribution in [0.2, 0.25) is 0 Å². The highest BCUT2D eigenvalue weighted by Gasteiger charge is 2.04. The molecule has 0 aliphatic carbocycles. The molecule has 0 amide bonds. The van der Waals surface area contributed by atoms with Gasteiger partial charge in [-0.15, -0.1) is 0 Å². The molecule has 0 atom stereocenters. The van der Waals surface area contributed by atoms with Gasteiger partial charge in [-0.1, -0.05) is 24.3 Å². The van der Waals surface area contributed by atoms with Gasteiger partial charge >= 0.3 is 0 Å². The van der Waals surface area contributed by atoms with Gasteiger partial charge < -0.3 is 19.3 Å². The molecule has 20 heavy (non-hydrogen) atoms. The minimum absolute atomic E-state index is 0.156. The third kappa shape index (κ3) is 4.11. The average Bonchev–Trinajstić information content (AvgIpc) is 2.46. The summed E-state index contributed by atoms with van der Waals surface area (Å²) in [5.74, 6) is 0.646. The lowest BCUT2D eigenvalue weighted by Gasteiger charge is -2.10. The maximum Gasteiger partial charge on any atom is 0.161 e. The van der Waals surface area contributed by atoms with Gasteiger partial charge in [0.1, 0.15) is 6.61 Å². The molecule has 0 bridgehead atoms. The van der Waals surface area contributed by atoms with E-state index in [1.807, 2.05) is 30.3 Å². The molecule has 0 aliphatic heterocycles. The smallest absolute Gasteiger partial charge is 0.161 e. The summed E-state index contributed by atoms with van der Waals surface area (Å²) in [6.07, 6.45) is 0.873. The first kappa shape index (κ1) is 14.6. The van der Waals surface area contributed by atoms with E-state index >= 15 is 0 Å². The molecular formula is C16H20O4. The van der Waals surface area contributed by atoms with E-state index in [2.05, 4.69) is 0 Å². The first-order valence-electron chi connectivity index (χ1n) is 6.72. The normalized spacial score (nSPS) is 10.8.